The molecule has 0 aliphatic heterocycles. The van der Waals surface area contributed by atoms with Gasteiger partial charge in [0, 0.05) is 24.1 Å². The molecule has 9 nitrogen and oxygen atoms in total. The maximum atomic E-state index is 13.5. The summed E-state index contributed by atoms with van der Waals surface area (Å²) in [6.45, 7) is 1.86. The topological polar surface area (TPSA) is 127 Å². The first kappa shape index (κ1) is 29.5. The molecule has 0 unspecified atom stereocenters. The van der Waals surface area contributed by atoms with Crippen LogP contribution >= 0.6 is 0 Å². The molecule has 2 heterocycles. The number of unbranched alkanes of at least 4 members (excludes halogenated alkanes) is 1. The zero-order chi connectivity index (χ0) is 29.1. The number of carbonyl (C=O) groups excluding carboxylic acids is 1. The van der Waals surface area contributed by atoms with Crippen molar-refractivity contribution in [3.63, 3.8) is 0 Å². The lowest BCUT2D eigenvalue weighted by Crippen LogP contribution is -2.32. The number of sulfonamides is 1. The molecule has 1 aliphatic rings. The van der Waals surface area contributed by atoms with Crippen molar-refractivity contribution in [1.29, 1.82) is 0 Å². The summed E-state index contributed by atoms with van der Waals surface area (Å²) in [5.74, 6) is -0.614. The van der Waals surface area contributed by atoms with E-state index in [4.69, 9.17) is 4.42 Å². The minimum atomic E-state index is -3.80. The van der Waals surface area contributed by atoms with Gasteiger partial charge < -0.3 is 9.73 Å². The quantitative estimate of drug-likeness (QED) is 0.320. The van der Waals surface area contributed by atoms with E-state index in [-0.39, 0.29) is 41.6 Å². The fraction of sp³-hybridized carbons (Fsp3) is 0.357. The van der Waals surface area contributed by atoms with E-state index in [0.29, 0.717) is 47.1 Å². The lowest BCUT2D eigenvalue weighted by atomic mass is 10.0. The zero-order valence-corrected chi connectivity index (χ0v) is 24.2. The highest BCUT2D eigenvalue weighted by atomic mass is 32.2. The van der Waals surface area contributed by atoms with Gasteiger partial charge in [0.05, 0.1) is 23.0 Å². The van der Waals surface area contributed by atoms with E-state index in [0.717, 1.165) is 10.6 Å². The van der Waals surface area contributed by atoms with Crippen LogP contribution < -0.4 is 9.62 Å². The molecule has 0 saturated carbocycles. The number of benzene rings is 1. The van der Waals surface area contributed by atoms with E-state index in [2.05, 4.69) is 10.3 Å². The molecular formula is C28H32FN3O6S2. The molecule has 0 radical (unpaired) electrons. The monoisotopic (exact) mass is 589 g/mol. The molecule has 0 saturated heterocycles. The highest BCUT2D eigenvalue weighted by Crippen LogP contribution is 2.36. The Labute approximate surface area is 233 Å². The first-order chi connectivity index (χ1) is 19.0. The third kappa shape index (κ3) is 6.28. The molecule has 1 amide bonds. The summed E-state index contributed by atoms with van der Waals surface area (Å²) in [5, 5.41) is 2.98. The Bertz CT molecular complexity index is 1690. The number of amides is 1. The summed E-state index contributed by atoms with van der Waals surface area (Å²) in [6, 6.07) is 7.15. The molecule has 3 aromatic rings. The SMILES string of the molecule is CCc1cc2c(C(=O)NC)c(-c3ccc(F)cc3)oc2nc1N(CCCCS(=O)(=O)C1=CC=CCC1)S(C)(=O)=O. The summed E-state index contributed by atoms with van der Waals surface area (Å²) < 4.78 is 71.8. The molecule has 2 aromatic heterocycles. The van der Waals surface area contributed by atoms with Crippen LogP contribution in [0.2, 0.25) is 0 Å². The highest BCUT2D eigenvalue weighted by molar-refractivity contribution is 7.95. The summed E-state index contributed by atoms with van der Waals surface area (Å²) in [4.78, 5) is 17.8. The Kier molecular flexibility index (Phi) is 8.79. The number of fused-ring (bicyclic) bond motifs is 1. The summed E-state index contributed by atoms with van der Waals surface area (Å²) >= 11 is 0. The lowest BCUT2D eigenvalue weighted by molar-refractivity contribution is 0.0964. The van der Waals surface area contributed by atoms with Gasteiger partial charge in [-0.1, -0.05) is 19.1 Å². The van der Waals surface area contributed by atoms with Gasteiger partial charge in [0.2, 0.25) is 15.7 Å². The Morgan fingerprint density at radius 3 is 2.48 bits per heavy atom. The van der Waals surface area contributed by atoms with Crippen molar-refractivity contribution in [2.45, 2.75) is 39.0 Å². The van der Waals surface area contributed by atoms with Crippen molar-refractivity contribution in [3.05, 3.63) is 70.4 Å². The minimum Gasteiger partial charge on any atom is -0.437 e. The number of sulfone groups is 1. The number of anilines is 1. The van der Waals surface area contributed by atoms with Crippen molar-refractivity contribution in [2.24, 2.45) is 0 Å². The summed E-state index contributed by atoms with van der Waals surface area (Å²) in [6.07, 6.45) is 8.46. The molecular weight excluding hydrogens is 557 g/mol. The number of nitrogens with one attached hydrogen (secondary N) is 1. The molecule has 1 N–H and O–H groups in total. The molecule has 12 heteroatoms. The van der Waals surface area contributed by atoms with Gasteiger partial charge in [0.15, 0.2) is 9.84 Å². The normalized spacial score (nSPS) is 13.8. The molecule has 40 heavy (non-hydrogen) atoms. The number of hydrogen-bond acceptors (Lipinski definition) is 7. The van der Waals surface area contributed by atoms with E-state index in [1.54, 1.807) is 18.2 Å². The number of aryl methyl sites for hydroxylation is 1. The number of allylic oxidation sites excluding steroid dienone is 4. The van der Waals surface area contributed by atoms with Crippen LogP contribution in [0.3, 0.4) is 0 Å². The van der Waals surface area contributed by atoms with Gasteiger partial charge in [-0.2, -0.15) is 4.98 Å². The molecule has 1 aromatic carbocycles. The van der Waals surface area contributed by atoms with Gasteiger partial charge >= 0.3 is 0 Å². The Balaban J connectivity index is 1.69. The Morgan fingerprint density at radius 2 is 1.88 bits per heavy atom. The zero-order valence-electron chi connectivity index (χ0n) is 22.6. The van der Waals surface area contributed by atoms with Crippen molar-refractivity contribution < 1.29 is 30.4 Å². The van der Waals surface area contributed by atoms with Crippen LogP contribution in [0.5, 0.6) is 0 Å². The number of pyridine rings is 1. The maximum absolute atomic E-state index is 13.5. The van der Waals surface area contributed by atoms with Crippen molar-refractivity contribution in [1.82, 2.24) is 10.3 Å². The number of hydrogen-bond donors (Lipinski definition) is 1. The molecule has 0 bridgehead atoms. The molecule has 1 aliphatic carbocycles. The van der Waals surface area contributed by atoms with Gasteiger partial charge in [-0.25, -0.2) is 21.2 Å². The van der Waals surface area contributed by atoms with Gasteiger partial charge in [-0.05, 0) is 74.1 Å². The second kappa shape index (κ2) is 11.9. The van der Waals surface area contributed by atoms with Gasteiger partial charge in [-0.15, -0.1) is 0 Å². The fourth-order valence-corrected chi connectivity index (χ4v) is 7.13. The van der Waals surface area contributed by atoms with Crippen LogP contribution in [0.4, 0.5) is 10.2 Å². The number of nitrogens with zero attached hydrogens (tertiary/aromatic N) is 2. The average Bonchev–Trinajstić information content (AvgIpc) is 3.30. The van der Waals surface area contributed by atoms with Crippen LogP contribution in [-0.4, -0.2) is 53.3 Å². The largest absolute Gasteiger partial charge is 0.437 e. The second-order valence-electron chi connectivity index (χ2n) is 9.53. The maximum Gasteiger partial charge on any atom is 0.255 e. The standard InChI is InChI=1S/C28H32FN3O6S2/c1-4-19-18-23-24(27(33)30-2)25(20-12-14-21(29)15-13-20)38-28(23)31-26(19)32(39(3,34)35)16-8-9-17-40(36,37)22-10-6-5-7-11-22/h5-6,10,12-15,18H,4,7-9,11,16-17H2,1-3H3,(H,30,33). The third-order valence-electron chi connectivity index (χ3n) is 6.72. The van der Waals surface area contributed by atoms with Crippen LogP contribution in [0, 0.1) is 5.82 Å². The van der Waals surface area contributed by atoms with Gasteiger partial charge in [0.25, 0.3) is 5.91 Å². The van der Waals surface area contributed by atoms with E-state index >= 15 is 0 Å². The van der Waals surface area contributed by atoms with Crippen molar-refractivity contribution >= 4 is 42.7 Å². The Morgan fingerprint density at radius 1 is 1.15 bits per heavy atom. The summed E-state index contributed by atoms with van der Waals surface area (Å²) in [5.41, 5.74) is 1.29. The van der Waals surface area contributed by atoms with Crippen molar-refractivity contribution in [3.8, 4) is 11.3 Å². The number of carbonyl (C=O) groups is 1. The lowest BCUT2D eigenvalue weighted by Gasteiger charge is -2.23. The molecule has 214 valence electrons. The molecule has 0 fully saturated rings. The van der Waals surface area contributed by atoms with Crippen LogP contribution in [0.1, 0.15) is 48.5 Å². The van der Waals surface area contributed by atoms with Crippen LogP contribution in [-0.2, 0) is 26.3 Å². The van der Waals surface area contributed by atoms with E-state index in [1.165, 1.54) is 31.3 Å². The predicted molar refractivity (Wildman–Crippen MR) is 154 cm³/mol. The number of aromatic nitrogens is 1. The number of halogens is 1. The molecule has 4 rings (SSSR count). The number of furan rings is 1. The van der Waals surface area contributed by atoms with Crippen molar-refractivity contribution in [2.75, 3.05) is 29.9 Å². The smallest absolute Gasteiger partial charge is 0.255 e. The Hall–Kier alpha value is -3.51. The van der Waals surface area contributed by atoms with Crippen LogP contribution in [0.25, 0.3) is 22.4 Å². The van der Waals surface area contributed by atoms with E-state index in [9.17, 15) is 26.0 Å². The van der Waals surface area contributed by atoms with Gasteiger partial charge in [0.1, 0.15) is 17.4 Å². The third-order valence-corrected chi connectivity index (χ3v) is 9.84. The first-order valence-corrected chi connectivity index (χ1v) is 16.5. The second-order valence-corrected chi connectivity index (χ2v) is 13.6. The summed E-state index contributed by atoms with van der Waals surface area (Å²) in [7, 11) is -5.74. The highest BCUT2D eigenvalue weighted by Gasteiger charge is 2.28. The van der Waals surface area contributed by atoms with Crippen LogP contribution in [0.15, 0.2) is 57.9 Å². The number of rotatable bonds is 11. The van der Waals surface area contributed by atoms with E-state index < -0.39 is 31.6 Å². The predicted octanol–water partition coefficient (Wildman–Crippen LogP) is 4.75. The molecule has 0 atom stereocenters. The first-order valence-electron chi connectivity index (χ1n) is 13.0. The van der Waals surface area contributed by atoms with Gasteiger partial charge in [-0.3, -0.25) is 9.10 Å². The van der Waals surface area contributed by atoms with E-state index in [1.807, 2.05) is 13.0 Å². The fourth-order valence-electron chi connectivity index (χ4n) is 4.63. The minimum absolute atomic E-state index is 0.0205. The molecule has 0 spiro atoms. The average molecular weight is 590 g/mol.